The molecule has 1 aliphatic rings. The number of ether oxygens (including phenoxy) is 1. The molecule has 2 aromatic carbocycles. The topological polar surface area (TPSA) is 104 Å². The van der Waals surface area contributed by atoms with Gasteiger partial charge in [0.2, 0.25) is 0 Å². The molecule has 1 atom stereocenters. The average Bonchev–Trinajstić information content (AvgIpc) is 3.13. The Morgan fingerprint density at radius 1 is 1.33 bits per heavy atom. The van der Waals surface area contributed by atoms with Crippen molar-refractivity contribution in [3.63, 3.8) is 0 Å². The summed E-state index contributed by atoms with van der Waals surface area (Å²) in [5.41, 5.74) is 8.61. The van der Waals surface area contributed by atoms with Crippen LogP contribution in [0.2, 0.25) is 0 Å². The molecule has 7 nitrogen and oxygen atoms in total. The fourth-order valence-corrected chi connectivity index (χ4v) is 3.56. The number of anilines is 1. The van der Waals surface area contributed by atoms with Crippen LogP contribution in [-0.4, -0.2) is 41.3 Å². The highest BCUT2D eigenvalue weighted by molar-refractivity contribution is 5.84. The van der Waals surface area contributed by atoms with E-state index in [4.69, 9.17) is 10.5 Å². The summed E-state index contributed by atoms with van der Waals surface area (Å²) in [6.45, 7) is 1.55. The molecule has 1 aliphatic heterocycles. The number of aromatic amines is 1. The third kappa shape index (κ3) is 3.27. The molecule has 1 aromatic heterocycles. The van der Waals surface area contributed by atoms with Crippen LogP contribution in [-0.2, 0) is 6.61 Å². The fraction of sp³-hybridized carbons (Fsp3) is 0.300. The van der Waals surface area contributed by atoms with Crippen LogP contribution in [0.15, 0.2) is 41.2 Å². The van der Waals surface area contributed by atoms with Crippen molar-refractivity contribution in [1.82, 2.24) is 9.97 Å². The molecular weight excluding hydrogens is 344 g/mol. The number of H-pyrrole nitrogens is 1. The molecule has 0 spiro atoms. The van der Waals surface area contributed by atoms with E-state index in [0.717, 1.165) is 30.8 Å². The molecule has 4 rings (SSSR count). The minimum atomic E-state index is -0.281. The summed E-state index contributed by atoms with van der Waals surface area (Å²) in [4.78, 5) is 22.3. The zero-order valence-electron chi connectivity index (χ0n) is 15.1. The van der Waals surface area contributed by atoms with E-state index in [1.165, 1.54) is 0 Å². The number of aromatic nitrogens is 2. The van der Waals surface area contributed by atoms with Gasteiger partial charge in [0.15, 0.2) is 0 Å². The van der Waals surface area contributed by atoms with Crippen molar-refractivity contribution >= 4 is 16.6 Å². The van der Waals surface area contributed by atoms with E-state index in [-0.39, 0.29) is 18.2 Å². The maximum atomic E-state index is 12.6. The average molecular weight is 366 g/mol. The maximum Gasteiger partial charge on any atom is 0.259 e. The summed E-state index contributed by atoms with van der Waals surface area (Å²) >= 11 is 0. The number of hydrogen-bond acceptors (Lipinski definition) is 6. The molecule has 1 saturated heterocycles. The van der Waals surface area contributed by atoms with Gasteiger partial charge in [-0.25, -0.2) is 4.98 Å². The molecule has 0 radical (unpaired) electrons. The fourth-order valence-electron chi connectivity index (χ4n) is 3.56. The SMILES string of the molecule is COc1cc(CO)c2c(=O)[nH]c(-c3ccc(N4CCC(N)C4)cc3)nc2c1. The predicted molar refractivity (Wildman–Crippen MR) is 105 cm³/mol. The van der Waals surface area contributed by atoms with E-state index in [0.29, 0.717) is 28.0 Å². The number of benzene rings is 2. The molecule has 0 amide bonds. The van der Waals surface area contributed by atoms with Crippen molar-refractivity contribution in [2.75, 3.05) is 25.1 Å². The third-order valence-electron chi connectivity index (χ3n) is 5.00. The van der Waals surface area contributed by atoms with Crippen LogP contribution in [0.25, 0.3) is 22.3 Å². The quantitative estimate of drug-likeness (QED) is 0.648. The second-order valence-corrected chi connectivity index (χ2v) is 6.79. The number of aliphatic hydroxyl groups is 1. The Balaban J connectivity index is 1.74. The molecule has 2 heterocycles. The molecule has 27 heavy (non-hydrogen) atoms. The van der Waals surface area contributed by atoms with Crippen LogP contribution in [0.5, 0.6) is 5.75 Å². The summed E-state index contributed by atoms with van der Waals surface area (Å²) < 4.78 is 5.25. The van der Waals surface area contributed by atoms with Crippen molar-refractivity contribution in [1.29, 1.82) is 0 Å². The van der Waals surface area contributed by atoms with Gasteiger partial charge in [-0.05, 0) is 42.3 Å². The van der Waals surface area contributed by atoms with Crippen LogP contribution in [0.4, 0.5) is 5.69 Å². The Morgan fingerprint density at radius 2 is 2.11 bits per heavy atom. The molecule has 4 N–H and O–H groups in total. The molecule has 0 bridgehead atoms. The van der Waals surface area contributed by atoms with Gasteiger partial charge in [-0.1, -0.05) is 0 Å². The van der Waals surface area contributed by atoms with Crippen molar-refractivity contribution in [3.05, 3.63) is 52.3 Å². The third-order valence-corrected chi connectivity index (χ3v) is 5.00. The van der Waals surface area contributed by atoms with E-state index in [2.05, 4.69) is 14.9 Å². The van der Waals surface area contributed by atoms with E-state index in [9.17, 15) is 9.90 Å². The van der Waals surface area contributed by atoms with E-state index < -0.39 is 0 Å². The van der Waals surface area contributed by atoms with E-state index in [1.54, 1.807) is 19.2 Å². The lowest BCUT2D eigenvalue weighted by Gasteiger charge is -2.18. The summed E-state index contributed by atoms with van der Waals surface area (Å²) in [7, 11) is 1.54. The first-order valence-electron chi connectivity index (χ1n) is 8.92. The number of aliphatic hydroxyl groups excluding tert-OH is 1. The van der Waals surface area contributed by atoms with Gasteiger partial charge < -0.3 is 25.5 Å². The van der Waals surface area contributed by atoms with Gasteiger partial charge in [-0.3, -0.25) is 4.79 Å². The van der Waals surface area contributed by atoms with E-state index >= 15 is 0 Å². The summed E-state index contributed by atoms with van der Waals surface area (Å²) in [6, 6.07) is 11.5. The van der Waals surface area contributed by atoms with Gasteiger partial charge in [0.25, 0.3) is 5.56 Å². The number of fused-ring (bicyclic) bond motifs is 1. The first-order valence-corrected chi connectivity index (χ1v) is 8.92. The number of nitrogens with two attached hydrogens (primary N) is 1. The van der Waals surface area contributed by atoms with Gasteiger partial charge in [-0.2, -0.15) is 0 Å². The normalized spacial score (nSPS) is 16.9. The molecule has 7 heteroatoms. The van der Waals surface area contributed by atoms with E-state index in [1.807, 2.05) is 24.3 Å². The Labute approximate surface area is 156 Å². The Hall–Kier alpha value is -2.90. The number of rotatable bonds is 4. The smallest absolute Gasteiger partial charge is 0.259 e. The van der Waals surface area contributed by atoms with Crippen molar-refractivity contribution in [3.8, 4) is 17.1 Å². The highest BCUT2D eigenvalue weighted by atomic mass is 16.5. The van der Waals surface area contributed by atoms with Gasteiger partial charge in [0, 0.05) is 36.4 Å². The number of methoxy groups -OCH3 is 1. The number of hydrogen-bond donors (Lipinski definition) is 3. The van der Waals surface area contributed by atoms with Gasteiger partial charge in [0.1, 0.15) is 11.6 Å². The standard InChI is InChI=1S/C20H22N4O3/c1-27-16-8-13(11-25)18-17(9-16)22-19(23-20(18)26)12-2-4-15(5-3-12)24-7-6-14(21)10-24/h2-5,8-9,14,25H,6-7,10-11,21H2,1H3,(H,22,23,26). The molecule has 1 fully saturated rings. The monoisotopic (exact) mass is 366 g/mol. The highest BCUT2D eigenvalue weighted by Crippen LogP contribution is 2.26. The van der Waals surface area contributed by atoms with Crippen LogP contribution >= 0.6 is 0 Å². The van der Waals surface area contributed by atoms with Crippen LogP contribution in [0, 0.1) is 0 Å². The Morgan fingerprint density at radius 3 is 2.74 bits per heavy atom. The van der Waals surface area contributed by atoms with Gasteiger partial charge in [-0.15, -0.1) is 0 Å². The molecule has 1 unspecified atom stereocenters. The minimum absolute atomic E-state index is 0.221. The van der Waals surface area contributed by atoms with Crippen LogP contribution in [0.3, 0.4) is 0 Å². The maximum absolute atomic E-state index is 12.6. The summed E-state index contributed by atoms with van der Waals surface area (Å²) in [5, 5.41) is 9.95. The molecule has 3 aromatic rings. The van der Waals surface area contributed by atoms with Crippen molar-refractivity contribution in [2.24, 2.45) is 5.73 Å². The van der Waals surface area contributed by atoms with Crippen LogP contribution < -0.4 is 20.9 Å². The summed E-state index contributed by atoms with van der Waals surface area (Å²) in [6.07, 6.45) is 0.996. The zero-order chi connectivity index (χ0) is 19.0. The molecule has 0 saturated carbocycles. The molecular formula is C20H22N4O3. The minimum Gasteiger partial charge on any atom is -0.497 e. The van der Waals surface area contributed by atoms with Crippen LogP contribution in [0.1, 0.15) is 12.0 Å². The lowest BCUT2D eigenvalue weighted by molar-refractivity contribution is 0.282. The second-order valence-electron chi connectivity index (χ2n) is 6.79. The molecule has 0 aliphatic carbocycles. The second kappa shape index (κ2) is 7.02. The predicted octanol–water partition coefficient (Wildman–Crippen LogP) is 1.63. The number of nitrogens with zero attached hydrogens (tertiary/aromatic N) is 2. The Bertz CT molecular complexity index is 1030. The lowest BCUT2D eigenvalue weighted by Crippen LogP contribution is -2.26. The van der Waals surface area contributed by atoms with Gasteiger partial charge >= 0.3 is 0 Å². The largest absolute Gasteiger partial charge is 0.497 e. The van der Waals surface area contributed by atoms with Crippen molar-refractivity contribution < 1.29 is 9.84 Å². The Kier molecular flexibility index (Phi) is 4.55. The molecule has 140 valence electrons. The van der Waals surface area contributed by atoms with Crippen molar-refractivity contribution in [2.45, 2.75) is 19.1 Å². The first-order chi connectivity index (χ1) is 13.1. The highest BCUT2D eigenvalue weighted by Gasteiger charge is 2.19. The zero-order valence-corrected chi connectivity index (χ0v) is 15.1. The lowest BCUT2D eigenvalue weighted by atomic mass is 10.1. The first kappa shape index (κ1) is 17.5. The number of nitrogens with one attached hydrogen (secondary N) is 1. The summed E-state index contributed by atoms with van der Waals surface area (Å²) in [5.74, 6) is 1.03. The van der Waals surface area contributed by atoms with Gasteiger partial charge in [0.05, 0.1) is 24.6 Å².